The molecule has 0 unspecified atom stereocenters. The molecule has 0 saturated carbocycles. The van der Waals surface area contributed by atoms with Crippen molar-refractivity contribution in [2.24, 2.45) is 0 Å². The van der Waals surface area contributed by atoms with Gasteiger partial charge >= 0.3 is 0 Å². The van der Waals surface area contributed by atoms with Crippen molar-refractivity contribution in [1.29, 1.82) is 0 Å². The van der Waals surface area contributed by atoms with E-state index in [2.05, 4.69) is 5.10 Å². The third-order valence-corrected chi connectivity index (χ3v) is 5.18. The van der Waals surface area contributed by atoms with Gasteiger partial charge in [-0.2, -0.15) is 0 Å². The summed E-state index contributed by atoms with van der Waals surface area (Å²) in [7, 11) is 0. The summed E-state index contributed by atoms with van der Waals surface area (Å²) in [4.78, 5) is 26.1. The van der Waals surface area contributed by atoms with Crippen molar-refractivity contribution < 1.29 is 8.81 Å². The van der Waals surface area contributed by atoms with Crippen LogP contribution in [0.5, 0.6) is 0 Å². The maximum atomic E-state index is 13.4. The first-order valence-electron chi connectivity index (χ1n) is 9.35. The molecule has 0 amide bonds. The zero-order valence-electron chi connectivity index (χ0n) is 15.7. The Morgan fingerprint density at radius 3 is 2.72 bits per heavy atom. The lowest BCUT2D eigenvalue weighted by Gasteiger charge is -2.12. The molecule has 0 aliphatic rings. The zero-order valence-corrected chi connectivity index (χ0v) is 16.5. The molecule has 4 aromatic rings. The van der Waals surface area contributed by atoms with E-state index in [-0.39, 0.29) is 22.7 Å². The average molecular weight is 416 g/mol. The van der Waals surface area contributed by atoms with Crippen LogP contribution in [-0.2, 0) is 13.0 Å². The average Bonchev–Trinajstić information content (AvgIpc) is 3.30. The molecule has 8 heteroatoms. The van der Waals surface area contributed by atoms with Crippen molar-refractivity contribution in [2.75, 3.05) is 0 Å². The first kappa shape index (κ1) is 19.3. The molecule has 0 spiro atoms. The van der Waals surface area contributed by atoms with Crippen molar-refractivity contribution in [2.45, 2.75) is 32.7 Å². The molecule has 0 aliphatic heterocycles. The van der Waals surface area contributed by atoms with Gasteiger partial charge in [0.1, 0.15) is 11.6 Å². The smallest absolute Gasteiger partial charge is 0.280 e. The van der Waals surface area contributed by atoms with Gasteiger partial charge in [-0.25, -0.2) is 9.07 Å². The van der Waals surface area contributed by atoms with E-state index in [0.717, 1.165) is 18.9 Å². The number of hydrogen-bond acceptors (Lipinski definition) is 3. The van der Waals surface area contributed by atoms with E-state index in [1.807, 2.05) is 6.92 Å². The zero-order chi connectivity index (χ0) is 20.5. The minimum atomic E-state index is -0.496. The minimum Gasteiger partial charge on any atom is -0.467 e. The molecule has 1 N–H and O–H groups in total. The Balaban J connectivity index is 1.96. The second-order valence-electron chi connectivity index (χ2n) is 6.84. The van der Waals surface area contributed by atoms with E-state index in [1.54, 1.807) is 23.0 Å². The first-order valence-corrected chi connectivity index (χ1v) is 9.72. The van der Waals surface area contributed by atoms with Crippen LogP contribution in [-0.4, -0.2) is 14.3 Å². The van der Waals surface area contributed by atoms with Crippen LogP contribution in [0.3, 0.4) is 0 Å². The number of aromatic amines is 1. The van der Waals surface area contributed by atoms with Gasteiger partial charge in [-0.1, -0.05) is 24.9 Å². The van der Waals surface area contributed by atoms with Crippen molar-refractivity contribution in [3.05, 3.63) is 85.7 Å². The number of fused-ring (bicyclic) bond motifs is 1. The summed E-state index contributed by atoms with van der Waals surface area (Å²) in [6, 6.07) is 8.73. The maximum absolute atomic E-state index is 13.4. The van der Waals surface area contributed by atoms with Gasteiger partial charge in [0, 0.05) is 11.8 Å². The molecule has 0 atom stereocenters. The van der Waals surface area contributed by atoms with Gasteiger partial charge in [0.05, 0.1) is 34.4 Å². The fraction of sp³-hybridized carbons (Fsp3) is 0.238. The maximum Gasteiger partial charge on any atom is 0.280 e. The Hall–Kier alpha value is -3.06. The van der Waals surface area contributed by atoms with Crippen LogP contribution in [0.4, 0.5) is 4.39 Å². The predicted molar refractivity (Wildman–Crippen MR) is 110 cm³/mol. The summed E-state index contributed by atoms with van der Waals surface area (Å²) in [6.07, 6.45) is 3.84. The van der Waals surface area contributed by atoms with E-state index >= 15 is 0 Å². The highest BCUT2D eigenvalue weighted by Crippen LogP contribution is 2.22. The third-order valence-electron chi connectivity index (χ3n) is 4.88. The molecule has 0 fully saturated rings. The molecule has 0 saturated heterocycles. The molecular weight excluding hydrogens is 397 g/mol. The number of furan rings is 1. The van der Waals surface area contributed by atoms with Gasteiger partial charge in [0.2, 0.25) is 0 Å². The number of aryl methyl sites for hydroxylation is 1. The van der Waals surface area contributed by atoms with Gasteiger partial charge in [0.15, 0.2) is 0 Å². The second kappa shape index (κ2) is 7.75. The molecule has 29 heavy (non-hydrogen) atoms. The second-order valence-corrected chi connectivity index (χ2v) is 7.24. The lowest BCUT2D eigenvalue weighted by molar-refractivity contribution is 0.484. The van der Waals surface area contributed by atoms with E-state index in [1.165, 1.54) is 22.9 Å². The van der Waals surface area contributed by atoms with Crippen molar-refractivity contribution in [1.82, 2.24) is 14.3 Å². The normalized spacial score (nSPS) is 11.4. The van der Waals surface area contributed by atoms with Gasteiger partial charge < -0.3 is 8.98 Å². The molecule has 0 radical (unpaired) electrons. The number of aromatic nitrogens is 3. The van der Waals surface area contributed by atoms with Crippen LogP contribution in [0.15, 0.2) is 56.7 Å². The van der Waals surface area contributed by atoms with Crippen LogP contribution in [0.1, 0.15) is 31.2 Å². The Bertz CT molecular complexity index is 1290. The number of halogens is 2. The molecule has 3 heterocycles. The number of nitrogens with zero attached hydrogens (tertiary/aromatic N) is 2. The first-order chi connectivity index (χ1) is 14.0. The molecule has 3 aromatic heterocycles. The number of benzene rings is 1. The van der Waals surface area contributed by atoms with Crippen LogP contribution in [0.2, 0.25) is 5.02 Å². The SMILES string of the molecule is CCCCc1c2c(=O)n(-c3ccc(F)cc3Cl)[nH]c2cc(=O)n1Cc1ccco1. The molecule has 0 bridgehead atoms. The molecule has 150 valence electrons. The van der Waals surface area contributed by atoms with Crippen molar-refractivity contribution in [3.8, 4) is 5.69 Å². The summed E-state index contributed by atoms with van der Waals surface area (Å²) in [5.74, 6) is 0.131. The highest BCUT2D eigenvalue weighted by atomic mass is 35.5. The number of pyridine rings is 1. The summed E-state index contributed by atoms with van der Waals surface area (Å²) in [5.41, 5.74) is 0.804. The number of nitrogens with one attached hydrogen (secondary N) is 1. The topological polar surface area (TPSA) is 72.9 Å². The molecule has 6 nitrogen and oxygen atoms in total. The van der Waals surface area contributed by atoms with Gasteiger partial charge in [-0.05, 0) is 43.2 Å². The fourth-order valence-corrected chi connectivity index (χ4v) is 3.73. The summed E-state index contributed by atoms with van der Waals surface area (Å²) in [5, 5.41) is 3.46. The van der Waals surface area contributed by atoms with E-state index < -0.39 is 5.82 Å². The fourth-order valence-electron chi connectivity index (χ4n) is 3.47. The van der Waals surface area contributed by atoms with Crippen molar-refractivity contribution >= 4 is 22.5 Å². The summed E-state index contributed by atoms with van der Waals surface area (Å²) in [6.45, 7) is 2.28. The summed E-state index contributed by atoms with van der Waals surface area (Å²) >= 11 is 6.15. The number of hydrogen-bond donors (Lipinski definition) is 1. The molecular formula is C21H19ClFN3O3. The molecule has 0 aliphatic carbocycles. The van der Waals surface area contributed by atoms with Crippen LogP contribution in [0, 0.1) is 5.82 Å². The predicted octanol–water partition coefficient (Wildman–Crippen LogP) is 4.26. The quantitative estimate of drug-likeness (QED) is 0.511. The number of rotatable bonds is 6. The van der Waals surface area contributed by atoms with Crippen molar-refractivity contribution in [3.63, 3.8) is 0 Å². The highest BCUT2D eigenvalue weighted by molar-refractivity contribution is 6.32. The monoisotopic (exact) mass is 415 g/mol. The minimum absolute atomic E-state index is 0.0968. The van der Waals surface area contributed by atoms with Gasteiger partial charge in [0.25, 0.3) is 11.1 Å². The van der Waals surface area contributed by atoms with E-state index in [0.29, 0.717) is 34.5 Å². The Morgan fingerprint density at radius 1 is 1.21 bits per heavy atom. The third kappa shape index (κ3) is 3.53. The van der Waals surface area contributed by atoms with E-state index in [4.69, 9.17) is 16.0 Å². The standard InChI is InChI=1S/C21H19ClFN3O3/c1-2-3-6-18-20-16(11-19(27)25(18)12-14-5-4-9-29-14)24-26(21(20)28)17-8-7-13(23)10-15(17)22/h4-5,7-11,24H,2-3,6,12H2,1H3. The highest BCUT2D eigenvalue weighted by Gasteiger charge is 2.19. The lowest BCUT2D eigenvalue weighted by Crippen LogP contribution is -2.25. The Morgan fingerprint density at radius 2 is 2.03 bits per heavy atom. The van der Waals surface area contributed by atoms with Crippen LogP contribution >= 0.6 is 11.6 Å². The number of unbranched alkanes of at least 4 members (excludes halogenated alkanes) is 1. The molecule has 4 rings (SSSR count). The number of H-pyrrole nitrogens is 1. The largest absolute Gasteiger partial charge is 0.467 e. The molecule has 1 aromatic carbocycles. The van der Waals surface area contributed by atoms with E-state index in [9.17, 15) is 14.0 Å². The lowest BCUT2D eigenvalue weighted by atomic mass is 10.1. The summed E-state index contributed by atoms with van der Waals surface area (Å²) < 4.78 is 21.6. The van der Waals surface area contributed by atoms with Crippen LogP contribution < -0.4 is 11.1 Å². The van der Waals surface area contributed by atoms with Gasteiger partial charge in [-0.3, -0.25) is 14.7 Å². The Labute approximate surface area is 170 Å². The Kier molecular flexibility index (Phi) is 5.15. The van der Waals surface area contributed by atoms with Crippen LogP contribution in [0.25, 0.3) is 16.6 Å². The van der Waals surface area contributed by atoms with Gasteiger partial charge in [-0.15, -0.1) is 0 Å².